The van der Waals surface area contributed by atoms with E-state index in [4.69, 9.17) is 0 Å². The molecule has 2 amide bonds. The summed E-state index contributed by atoms with van der Waals surface area (Å²) in [6.07, 6.45) is -5.10. The lowest BCUT2D eigenvalue weighted by Crippen LogP contribution is -2.63. The van der Waals surface area contributed by atoms with Crippen molar-refractivity contribution in [1.29, 1.82) is 0 Å². The molecular formula is C20H18F3N3O2. The fourth-order valence-electron chi connectivity index (χ4n) is 3.04. The highest BCUT2D eigenvalue weighted by molar-refractivity contribution is 6.10. The second kappa shape index (κ2) is 7.10. The maximum absolute atomic E-state index is 14.0. The van der Waals surface area contributed by atoms with Crippen molar-refractivity contribution in [2.24, 2.45) is 4.99 Å². The smallest absolute Gasteiger partial charge is 0.312 e. The van der Waals surface area contributed by atoms with Crippen molar-refractivity contribution in [3.05, 3.63) is 71.3 Å². The van der Waals surface area contributed by atoms with Crippen LogP contribution in [0.3, 0.4) is 0 Å². The summed E-state index contributed by atoms with van der Waals surface area (Å²) < 4.78 is 41.9. The molecule has 0 spiro atoms. The number of halogens is 3. The standard InChI is InChI=1S/C20H18F3N3O2/c1-13-8-6-7-11-16(13)17(27)25-19(20(21,22)23)18(28)26(14(2)24-19)12-15-9-4-3-5-10-15/h3-11H,12H2,1-2H3,(H,25,27). The van der Waals surface area contributed by atoms with Gasteiger partial charge in [0.05, 0.1) is 6.54 Å². The van der Waals surface area contributed by atoms with E-state index in [0.29, 0.717) is 11.1 Å². The van der Waals surface area contributed by atoms with E-state index in [2.05, 4.69) is 4.99 Å². The van der Waals surface area contributed by atoms with Crippen molar-refractivity contribution in [2.45, 2.75) is 32.2 Å². The third-order valence-electron chi connectivity index (χ3n) is 4.55. The average Bonchev–Trinajstić information content (AvgIpc) is 2.88. The summed E-state index contributed by atoms with van der Waals surface area (Å²) >= 11 is 0. The molecule has 8 heteroatoms. The number of hydrogen-bond donors (Lipinski definition) is 1. The Morgan fingerprint density at radius 2 is 1.68 bits per heavy atom. The zero-order chi connectivity index (χ0) is 20.5. The molecule has 0 saturated heterocycles. The Bertz CT molecular complexity index is 941. The summed E-state index contributed by atoms with van der Waals surface area (Å²) in [5.41, 5.74) is -2.16. The van der Waals surface area contributed by atoms with Gasteiger partial charge in [0.2, 0.25) is 0 Å². The average molecular weight is 389 g/mol. The Balaban J connectivity index is 1.95. The lowest BCUT2D eigenvalue weighted by atomic mass is 10.1. The summed E-state index contributed by atoms with van der Waals surface area (Å²) in [5.74, 6) is -2.46. The van der Waals surface area contributed by atoms with E-state index < -0.39 is 23.7 Å². The monoisotopic (exact) mass is 389 g/mol. The fraction of sp³-hybridized carbons (Fsp3) is 0.250. The lowest BCUT2D eigenvalue weighted by molar-refractivity contribution is -0.196. The molecule has 0 radical (unpaired) electrons. The molecule has 3 rings (SSSR count). The van der Waals surface area contributed by atoms with Crippen LogP contribution >= 0.6 is 0 Å². The van der Waals surface area contributed by atoms with Crippen LogP contribution in [0, 0.1) is 6.92 Å². The highest BCUT2D eigenvalue weighted by atomic mass is 19.4. The minimum Gasteiger partial charge on any atom is -0.312 e. The van der Waals surface area contributed by atoms with Crippen molar-refractivity contribution in [3.63, 3.8) is 0 Å². The number of carbonyl (C=O) groups excluding carboxylic acids is 2. The van der Waals surface area contributed by atoms with Crippen molar-refractivity contribution in [2.75, 3.05) is 0 Å². The Morgan fingerprint density at radius 1 is 1.07 bits per heavy atom. The van der Waals surface area contributed by atoms with Crippen LogP contribution in [0.25, 0.3) is 0 Å². The van der Waals surface area contributed by atoms with Crippen LogP contribution in [-0.2, 0) is 11.3 Å². The second-order valence-corrected chi connectivity index (χ2v) is 6.51. The van der Waals surface area contributed by atoms with Crippen LogP contribution in [0.4, 0.5) is 13.2 Å². The number of aryl methyl sites for hydroxylation is 1. The van der Waals surface area contributed by atoms with Gasteiger partial charge in [-0.2, -0.15) is 13.2 Å². The van der Waals surface area contributed by atoms with Gasteiger partial charge in [0, 0.05) is 5.56 Å². The van der Waals surface area contributed by atoms with E-state index >= 15 is 0 Å². The molecule has 146 valence electrons. The summed E-state index contributed by atoms with van der Waals surface area (Å²) in [6, 6.07) is 14.8. The summed E-state index contributed by atoms with van der Waals surface area (Å²) in [4.78, 5) is 29.9. The molecule has 0 bridgehead atoms. The van der Waals surface area contributed by atoms with E-state index in [1.165, 1.54) is 19.1 Å². The number of nitrogens with one attached hydrogen (secondary N) is 1. The van der Waals surface area contributed by atoms with Crippen LogP contribution in [0.2, 0.25) is 0 Å². The Morgan fingerprint density at radius 3 is 2.29 bits per heavy atom. The molecule has 2 aromatic rings. The van der Waals surface area contributed by atoms with E-state index in [9.17, 15) is 22.8 Å². The summed E-state index contributed by atoms with van der Waals surface area (Å²) in [5, 5.41) is 1.84. The number of rotatable bonds is 4. The molecule has 1 aliphatic rings. The number of benzene rings is 2. The number of nitrogens with zero attached hydrogens (tertiary/aromatic N) is 2. The largest absolute Gasteiger partial charge is 0.442 e. The van der Waals surface area contributed by atoms with E-state index in [-0.39, 0.29) is 17.9 Å². The quantitative estimate of drug-likeness (QED) is 0.871. The van der Waals surface area contributed by atoms with Gasteiger partial charge in [-0.25, -0.2) is 4.99 Å². The van der Waals surface area contributed by atoms with E-state index in [1.54, 1.807) is 49.4 Å². The van der Waals surface area contributed by atoms with Crippen molar-refractivity contribution < 1.29 is 22.8 Å². The van der Waals surface area contributed by atoms with Crippen LogP contribution < -0.4 is 5.32 Å². The number of hydrogen-bond acceptors (Lipinski definition) is 3. The molecule has 28 heavy (non-hydrogen) atoms. The molecule has 1 heterocycles. The molecule has 0 fully saturated rings. The molecule has 0 aromatic heterocycles. The minimum atomic E-state index is -5.10. The first-order valence-electron chi connectivity index (χ1n) is 8.53. The number of amides is 2. The van der Waals surface area contributed by atoms with Gasteiger partial charge in [-0.1, -0.05) is 48.5 Å². The fourth-order valence-corrected chi connectivity index (χ4v) is 3.04. The van der Waals surface area contributed by atoms with Gasteiger partial charge in [0.15, 0.2) is 0 Å². The van der Waals surface area contributed by atoms with E-state index in [0.717, 1.165) is 4.90 Å². The minimum absolute atomic E-state index is 0.0493. The predicted molar refractivity (Wildman–Crippen MR) is 97.5 cm³/mol. The van der Waals surface area contributed by atoms with Crippen LogP contribution in [0.15, 0.2) is 59.6 Å². The molecule has 1 N–H and O–H groups in total. The summed E-state index contributed by atoms with van der Waals surface area (Å²) in [7, 11) is 0. The predicted octanol–water partition coefficient (Wildman–Crippen LogP) is 3.44. The molecule has 1 aliphatic heterocycles. The maximum atomic E-state index is 14.0. The number of aliphatic imine (C=N–C) groups is 1. The zero-order valence-corrected chi connectivity index (χ0v) is 15.2. The van der Waals surface area contributed by atoms with Gasteiger partial charge in [-0.15, -0.1) is 0 Å². The Hall–Kier alpha value is -3.16. The highest BCUT2D eigenvalue weighted by Gasteiger charge is 2.66. The van der Waals surface area contributed by atoms with Crippen molar-refractivity contribution in [1.82, 2.24) is 10.2 Å². The first-order valence-corrected chi connectivity index (χ1v) is 8.53. The van der Waals surface area contributed by atoms with Crippen molar-refractivity contribution in [3.8, 4) is 0 Å². The molecular weight excluding hydrogens is 371 g/mol. The van der Waals surface area contributed by atoms with Crippen molar-refractivity contribution >= 4 is 17.6 Å². The second-order valence-electron chi connectivity index (χ2n) is 6.51. The van der Waals surface area contributed by atoms with Crippen LogP contribution in [-0.4, -0.2) is 34.4 Å². The third-order valence-corrected chi connectivity index (χ3v) is 4.55. The first kappa shape index (κ1) is 19.6. The lowest BCUT2D eigenvalue weighted by Gasteiger charge is -2.29. The van der Waals surface area contributed by atoms with Gasteiger partial charge in [-0.3, -0.25) is 14.5 Å². The highest BCUT2D eigenvalue weighted by Crippen LogP contribution is 2.38. The van der Waals surface area contributed by atoms with Crippen LogP contribution in [0.1, 0.15) is 28.4 Å². The molecule has 0 aliphatic carbocycles. The first-order chi connectivity index (χ1) is 13.2. The zero-order valence-electron chi connectivity index (χ0n) is 15.2. The Kier molecular flexibility index (Phi) is 4.97. The number of alkyl halides is 3. The van der Waals surface area contributed by atoms with Gasteiger partial charge >= 0.3 is 11.8 Å². The molecule has 1 unspecified atom stereocenters. The van der Waals surface area contributed by atoms with Gasteiger partial charge < -0.3 is 5.32 Å². The molecule has 2 aromatic carbocycles. The van der Waals surface area contributed by atoms with E-state index in [1.807, 2.05) is 5.32 Å². The number of carbonyl (C=O) groups is 2. The van der Waals surface area contributed by atoms with Gasteiger partial charge in [0.1, 0.15) is 5.84 Å². The normalized spacial score (nSPS) is 19.5. The van der Waals surface area contributed by atoms with Gasteiger partial charge in [-0.05, 0) is 31.0 Å². The topological polar surface area (TPSA) is 61.8 Å². The summed E-state index contributed by atoms with van der Waals surface area (Å²) in [6.45, 7) is 2.84. The van der Waals surface area contributed by atoms with Crippen LogP contribution in [0.5, 0.6) is 0 Å². The molecule has 0 saturated carbocycles. The Labute approximate surface area is 159 Å². The SMILES string of the molecule is CC1=NC(NC(=O)c2ccccc2C)(C(F)(F)F)C(=O)N1Cc1ccccc1. The molecule has 5 nitrogen and oxygen atoms in total. The maximum Gasteiger partial charge on any atom is 0.442 e. The van der Waals surface area contributed by atoms with Gasteiger partial charge in [0.25, 0.3) is 11.8 Å². The molecule has 1 atom stereocenters. The number of amidine groups is 1. The third kappa shape index (κ3) is 3.37.